The van der Waals surface area contributed by atoms with Crippen LogP contribution in [-0.4, -0.2) is 9.13 Å². The van der Waals surface area contributed by atoms with Gasteiger partial charge >= 0.3 is 0 Å². The lowest BCUT2D eigenvalue weighted by Gasteiger charge is -2.15. The zero-order valence-electron chi connectivity index (χ0n) is 26.7. The first-order valence-corrected chi connectivity index (χ1v) is 16.2. The van der Waals surface area contributed by atoms with Crippen molar-refractivity contribution in [2.45, 2.75) is 0 Å². The van der Waals surface area contributed by atoms with Gasteiger partial charge in [-0.1, -0.05) is 72.8 Å². The molecule has 0 aliphatic rings. The van der Waals surface area contributed by atoms with E-state index in [4.69, 9.17) is 13.1 Å². The van der Waals surface area contributed by atoms with Crippen LogP contribution in [0.3, 0.4) is 0 Å². The Morgan fingerprint density at radius 3 is 1.50 bits per heavy atom. The molecule has 9 aromatic rings. The van der Waals surface area contributed by atoms with Gasteiger partial charge in [0.2, 0.25) is 0 Å². The number of nitriles is 1. The van der Waals surface area contributed by atoms with Crippen LogP contribution in [0.2, 0.25) is 0 Å². The summed E-state index contributed by atoms with van der Waals surface area (Å²) in [6.07, 6.45) is 0. The molecule has 2 heterocycles. The number of benzene rings is 7. The lowest BCUT2D eigenvalue weighted by molar-refractivity contribution is 1.17. The fourth-order valence-corrected chi connectivity index (χ4v) is 7.28. The number of aromatic nitrogens is 2. The molecule has 7 aromatic carbocycles. The van der Waals surface area contributed by atoms with Crippen LogP contribution in [0, 0.1) is 24.5 Å². The summed E-state index contributed by atoms with van der Waals surface area (Å²) in [5.41, 5.74) is 11.9. The molecule has 50 heavy (non-hydrogen) atoms. The van der Waals surface area contributed by atoms with E-state index in [0.29, 0.717) is 16.9 Å². The van der Waals surface area contributed by atoms with Crippen molar-refractivity contribution in [3.8, 4) is 39.7 Å². The molecule has 0 atom stereocenters. The second-order valence-corrected chi connectivity index (χ2v) is 12.3. The van der Waals surface area contributed by atoms with E-state index in [-0.39, 0.29) is 0 Å². The maximum Gasteiger partial charge on any atom is 0.188 e. The van der Waals surface area contributed by atoms with Crippen molar-refractivity contribution in [2.24, 2.45) is 0 Å². The van der Waals surface area contributed by atoms with Gasteiger partial charge in [-0.2, -0.15) is 5.26 Å². The van der Waals surface area contributed by atoms with E-state index in [1.54, 1.807) is 0 Å². The van der Waals surface area contributed by atoms with Gasteiger partial charge in [0.1, 0.15) is 0 Å². The van der Waals surface area contributed by atoms with Gasteiger partial charge in [0.25, 0.3) is 0 Å². The van der Waals surface area contributed by atoms with Gasteiger partial charge in [-0.3, -0.25) is 0 Å². The topological polar surface area (TPSA) is 42.4 Å². The first-order valence-electron chi connectivity index (χ1n) is 16.2. The third-order valence-electron chi connectivity index (χ3n) is 9.51. The molecule has 5 nitrogen and oxygen atoms in total. The first kappa shape index (κ1) is 28.8. The van der Waals surface area contributed by atoms with Gasteiger partial charge in [-0.25, -0.2) is 9.69 Å². The van der Waals surface area contributed by atoms with Crippen molar-refractivity contribution in [1.82, 2.24) is 9.13 Å². The van der Waals surface area contributed by atoms with Crippen molar-refractivity contribution >= 4 is 55.0 Å². The monoisotopic (exact) mass is 635 g/mol. The van der Waals surface area contributed by atoms with E-state index in [9.17, 15) is 5.26 Å². The lowest BCUT2D eigenvalue weighted by atomic mass is 9.96. The fraction of sp³-hybridized carbons (Fsp3) is 0. The average molecular weight is 636 g/mol. The van der Waals surface area contributed by atoms with E-state index in [0.717, 1.165) is 66.5 Å². The predicted octanol–water partition coefficient (Wildman–Crippen LogP) is 12.2. The Hall–Kier alpha value is -7.39. The number of hydrogen-bond acceptors (Lipinski definition) is 1. The van der Waals surface area contributed by atoms with Gasteiger partial charge in [-0.05, 0) is 112 Å². The predicted molar refractivity (Wildman–Crippen MR) is 203 cm³/mol. The Morgan fingerprint density at radius 1 is 0.420 bits per heavy atom. The average Bonchev–Trinajstić information content (AvgIpc) is 3.70. The Balaban J connectivity index is 1.32. The number of fused-ring (bicyclic) bond motifs is 6. The highest BCUT2D eigenvalue weighted by Crippen LogP contribution is 2.40. The second-order valence-electron chi connectivity index (χ2n) is 12.3. The molecule has 9 rings (SSSR count). The highest BCUT2D eigenvalue weighted by Gasteiger charge is 2.17. The van der Waals surface area contributed by atoms with Crippen LogP contribution in [0.25, 0.3) is 86.9 Å². The van der Waals surface area contributed by atoms with Gasteiger partial charge in [0.15, 0.2) is 11.4 Å². The van der Waals surface area contributed by atoms with Gasteiger partial charge in [0, 0.05) is 22.1 Å². The van der Waals surface area contributed by atoms with Crippen molar-refractivity contribution < 1.29 is 0 Å². The molecule has 0 fully saturated rings. The molecule has 0 unspecified atom stereocenters. The smallest absolute Gasteiger partial charge is 0.188 e. The normalized spacial score (nSPS) is 11.1. The summed E-state index contributed by atoms with van der Waals surface area (Å²) < 4.78 is 4.54. The largest absolute Gasteiger partial charge is 0.309 e. The Labute approximate surface area is 288 Å². The molecule has 0 bridgehead atoms. The van der Waals surface area contributed by atoms with Gasteiger partial charge in [0.05, 0.1) is 46.8 Å². The van der Waals surface area contributed by atoms with Crippen LogP contribution in [-0.2, 0) is 0 Å². The standard InChI is InChI=1S/C45H25N5/c1-47-34-17-19-44-40(26-34)41-27-35(48-2)18-20-45(41)50(44)37-24-32(30-10-7-9-29(21-30)28-46)22-33(25-37)31-11-8-12-36(23-31)49-42-15-5-3-13-38(42)39-14-4-6-16-43(39)49/h3-27H. The summed E-state index contributed by atoms with van der Waals surface area (Å²) in [6.45, 7) is 15.3. The number of nitrogens with zero attached hydrogens (tertiary/aromatic N) is 5. The van der Waals surface area contributed by atoms with Gasteiger partial charge < -0.3 is 9.13 Å². The zero-order valence-corrected chi connectivity index (χ0v) is 26.7. The van der Waals surface area contributed by atoms with Crippen LogP contribution < -0.4 is 0 Å². The Bertz CT molecular complexity index is 2850. The minimum absolute atomic E-state index is 0.550. The quantitative estimate of drug-likeness (QED) is 0.177. The summed E-state index contributed by atoms with van der Waals surface area (Å²) in [5.74, 6) is 0. The molecule has 0 spiro atoms. The van der Waals surface area contributed by atoms with Crippen LogP contribution in [0.1, 0.15) is 5.56 Å². The summed E-state index contributed by atoms with van der Waals surface area (Å²) in [4.78, 5) is 7.39. The second kappa shape index (κ2) is 11.4. The van der Waals surface area contributed by atoms with Crippen LogP contribution in [0.4, 0.5) is 11.4 Å². The molecular weight excluding hydrogens is 611 g/mol. The molecule has 0 aliphatic heterocycles. The summed E-state index contributed by atoms with van der Waals surface area (Å²) in [5, 5.41) is 14.0. The van der Waals surface area contributed by atoms with Crippen LogP contribution in [0.5, 0.6) is 0 Å². The van der Waals surface area contributed by atoms with E-state index < -0.39 is 0 Å². The molecule has 0 amide bonds. The fourth-order valence-electron chi connectivity index (χ4n) is 7.28. The van der Waals surface area contributed by atoms with Crippen molar-refractivity contribution in [1.29, 1.82) is 5.26 Å². The van der Waals surface area contributed by atoms with Crippen molar-refractivity contribution in [2.75, 3.05) is 0 Å². The molecule has 0 saturated heterocycles. The van der Waals surface area contributed by atoms with Crippen LogP contribution >= 0.6 is 0 Å². The molecular formula is C45H25N5. The molecule has 0 N–H and O–H groups in total. The summed E-state index contributed by atoms with van der Waals surface area (Å²) in [7, 11) is 0. The molecule has 0 saturated carbocycles. The molecule has 0 aliphatic carbocycles. The van der Waals surface area contributed by atoms with Crippen LogP contribution in [0.15, 0.2) is 152 Å². The van der Waals surface area contributed by atoms with E-state index in [2.05, 4.69) is 116 Å². The maximum absolute atomic E-state index is 9.74. The zero-order chi connectivity index (χ0) is 33.8. The molecule has 2 aromatic heterocycles. The maximum atomic E-state index is 9.74. The number of rotatable bonds is 4. The summed E-state index contributed by atoms with van der Waals surface area (Å²) >= 11 is 0. The molecule has 0 radical (unpaired) electrons. The highest BCUT2D eigenvalue weighted by atomic mass is 15.0. The third-order valence-corrected chi connectivity index (χ3v) is 9.51. The minimum atomic E-state index is 0.550. The van der Waals surface area contributed by atoms with Gasteiger partial charge in [-0.15, -0.1) is 0 Å². The third kappa shape index (κ3) is 4.53. The van der Waals surface area contributed by atoms with Crippen molar-refractivity contribution in [3.63, 3.8) is 0 Å². The number of para-hydroxylation sites is 2. The van der Waals surface area contributed by atoms with E-state index >= 15 is 0 Å². The van der Waals surface area contributed by atoms with Crippen molar-refractivity contribution in [3.05, 3.63) is 180 Å². The lowest BCUT2D eigenvalue weighted by Crippen LogP contribution is -1.97. The SMILES string of the molecule is [C-]#[N+]c1ccc2c(c1)c1cc([N+]#[C-])ccc1n2-c1cc(-c2cccc(C#N)c2)cc(-c2cccc(-n3c4ccccc4c4ccccc43)c2)c1. The number of hydrogen-bond donors (Lipinski definition) is 0. The highest BCUT2D eigenvalue weighted by molar-refractivity contribution is 6.12. The molecule has 230 valence electrons. The summed E-state index contributed by atoms with van der Waals surface area (Å²) in [6, 6.07) is 53.7. The first-order chi connectivity index (χ1) is 24.6. The minimum Gasteiger partial charge on any atom is -0.309 e. The Morgan fingerprint density at radius 2 is 0.920 bits per heavy atom. The Kier molecular flexibility index (Phi) is 6.56. The molecule has 5 heteroatoms. The van der Waals surface area contributed by atoms with E-state index in [1.165, 1.54) is 10.8 Å². The van der Waals surface area contributed by atoms with E-state index in [1.807, 2.05) is 60.7 Å².